The monoisotopic (exact) mass is 244 g/mol. The molecule has 4 rings (SSSR count). The van der Waals surface area contributed by atoms with Gasteiger partial charge in [0.05, 0.1) is 16.8 Å². The van der Waals surface area contributed by atoms with E-state index < -0.39 is 0 Å². The highest BCUT2D eigenvalue weighted by Crippen LogP contribution is 2.46. The van der Waals surface area contributed by atoms with Gasteiger partial charge in [0.1, 0.15) is 5.75 Å². The normalized spacial score (nSPS) is 26.4. The van der Waals surface area contributed by atoms with Crippen molar-refractivity contribution in [3.05, 3.63) is 36.4 Å². The summed E-state index contributed by atoms with van der Waals surface area (Å²) in [6.45, 7) is 0.814. The van der Waals surface area contributed by atoms with E-state index in [2.05, 4.69) is 36.4 Å². The second kappa shape index (κ2) is 3.65. The van der Waals surface area contributed by atoms with Crippen molar-refractivity contribution in [1.29, 1.82) is 0 Å². The zero-order valence-electron chi connectivity index (χ0n) is 9.26. The molecule has 0 aromatic heterocycles. The van der Waals surface area contributed by atoms with Gasteiger partial charge in [-0.1, -0.05) is 30.3 Å². The third kappa shape index (κ3) is 1.46. The number of ether oxygens (including phenoxy) is 2. The van der Waals surface area contributed by atoms with Gasteiger partial charge >= 0.3 is 0 Å². The standard InChI is InChI=1S/C14H12O2S/c1-2-4-10-9(3-1)5-6-11-13(10)16-14-12(17-11)7-8-15-14/h1-6,12,14H,7-8H2/t12-,14-/m1/s1. The highest BCUT2D eigenvalue weighted by atomic mass is 32.2. The van der Waals surface area contributed by atoms with Crippen LogP contribution >= 0.6 is 11.8 Å². The number of benzene rings is 2. The van der Waals surface area contributed by atoms with Gasteiger partial charge in [-0.15, -0.1) is 11.8 Å². The van der Waals surface area contributed by atoms with Crippen LogP contribution in [-0.2, 0) is 4.74 Å². The summed E-state index contributed by atoms with van der Waals surface area (Å²) in [4.78, 5) is 1.25. The highest BCUT2D eigenvalue weighted by molar-refractivity contribution is 8.00. The molecule has 2 aliphatic rings. The Hall–Kier alpha value is -1.19. The molecule has 17 heavy (non-hydrogen) atoms. The molecular weight excluding hydrogens is 232 g/mol. The molecule has 2 nitrogen and oxygen atoms in total. The molecule has 0 saturated carbocycles. The fourth-order valence-corrected chi connectivity index (χ4v) is 3.68. The Balaban J connectivity index is 1.91. The van der Waals surface area contributed by atoms with Gasteiger partial charge in [-0.25, -0.2) is 0 Å². The maximum absolute atomic E-state index is 6.03. The van der Waals surface area contributed by atoms with E-state index in [0.717, 1.165) is 18.8 Å². The first-order valence-electron chi connectivity index (χ1n) is 5.88. The molecule has 0 N–H and O–H groups in total. The van der Waals surface area contributed by atoms with Gasteiger partial charge in [-0.2, -0.15) is 0 Å². The van der Waals surface area contributed by atoms with E-state index in [1.54, 1.807) is 0 Å². The van der Waals surface area contributed by atoms with Crippen molar-refractivity contribution < 1.29 is 9.47 Å². The van der Waals surface area contributed by atoms with Crippen LogP contribution in [0.3, 0.4) is 0 Å². The summed E-state index contributed by atoms with van der Waals surface area (Å²) in [5.74, 6) is 0.997. The molecule has 1 fully saturated rings. The van der Waals surface area contributed by atoms with Crippen molar-refractivity contribution >= 4 is 22.5 Å². The van der Waals surface area contributed by atoms with Crippen LogP contribution in [0.5, 0.6) is 5.75 Å². The fourth-order valence-electron chi connectivity index (χ4n) is 2.48. The molecule has 0 radical (unpaired) electrons. The lowest BCUT2D eigenvalue weighted by Crippen LogP contribution is -2.28. The molecule has 0 unspecified atom stereocenters. The number of hydrogen-bond donors (Lipinski definition) is 0. The van der Waals surface area contributed by atoms with Crippen LogP contribution in [0.2, 0.25) is 0 Å². The topological polar surface area (TPSA) is 18.5 Å². The molecule has 2 atom stereocenters. The molecule has 0 bridgehead atoms. The molecule has 1 saturated heterocycles. The minimum absolute atomic E-state index is 0.0571. The molecule has 0 aliphatic carbocycles. The Morgan fingerprint density at radius 1 is 1.12 bits per heavy atom. The Labute approximate surface area is 104 Å². The summed E-state index contributed by atoms with van der Waals surface area (Å²) in [5, 5.41) is 2.87. The Morgan fingerprint density at radius 2 is 2.06 bits per heavy atom. The van der Waals surface area contributed by atoms with E-state index in [-0.39, 0.29) is 6.29 Å². The SMILES string of the molecule is c1ccc2c3c(ccc2c1)S[C@@H]1CCO[C@@H]1O3. The first-order chi connectivity index (χ1) is 8.42. The maximum atomic E-state index is 6.03. The van der Waals surface area contributed by atoms with Gasteiger partial charge in [-0.05, 0) is 17.9 Å². The summed E-state index contributed by atoms with van der Waals surface area (Å²) in [6, 6.07) is 12.7. The van der Waals surface area contributed by atoms with Crippen LogP contribution in [0.25, 0.3) is 10.8 Å². The Bertz CT molecular complexity index is 581. The summed E-state index contributed by atoms with van der Waals surface area (Å²) < 4.78 is 11.6. The van der Waals surface area contributed by atoms with Crippen LogP contribution in [0, 0.1) is 0 Å². The van der Waals surface area contributed by atoms with E-state index in [1.165, 1.54) is 15.7 Å². The van der Waals surface area contributed by atoms with Crippen LogP contribution < -0.4 is 4.74 Å². The molecule has 3 heteroatoms. The Morgan fingerprint density at radius 3 is 3.06 bits per heavy atom. The molecular formula is C14H12O2S. The van der Waals surface area contributed by atoms with E-state index >= 15 is 0 Å². The average Bonchev–Trinajstić information content (AvgIpc) is 2.83. The number of thioether (sulfide) groups is 1. The zero-order valence-corrected chi connectivity index (χ0v) is 10.1. The minimum Gasteiger partial charge on any atom is -0.462 e. The van der Waals surface area contributed by atoms with Crippen LogP contribution in [-0.4, -0.2) is 18.1 Å². The van der Waals surface area contributed by atoms with Gasteiger partial charge < -0.3 is 9.47 Å². The van der Waals surface area contributed by atoms with Gasteiger partial charge in [0.2, 0.25) is 6.29 Å². The lowest BCUT2D eigenvalue weighted by Gasteiger charge is -2.27. The summed E-state index contributed by atoms with van der Waals surface area (Å²) >= 11 is 1.89. The summed E-state index contributed by atoms with van der Waals surface area (Å²) in [5.41, 5.74) is 0. The molecule has 2 heterocycles. The van der Waals surface area contributed by atoms with E-state index in [9.17, 15) is 0 Å². The average molecular weight is 244 g/mol. The molecule has 2 aliphatic heterocycles. The van der Waals surface area contributed by atoms with E-state index in [4.69, 9.17) is 9.47 Å². The predicted molar refractivity (Wildman–Crippen MR) is 68.6 cm³/mol. The van der Waals surface area contributed by atoms with E-state index in [1.807, 2.05) is 11.8 Å². The minimum atomic E-state index is -0.0571. The van der Waals surface area contributed by atoms with Crippen molar-refractivity contribution in [3.8, 4) is 5.75 Å². The lowest BCUT2D eigenvalue weighted by molar-refractivity contribution is -0.0392. The molecule has 0 amide bonds. The van der Waals surface area contributed by atoms with Gasteiger partial charge in [0, 0.05) is 5.39 Å². The second-order valence-electron chi connectivity index (χ2n) is 4.42. The predicted octanol–water partition coefficient (Wildman–Crippen LogP) is 3.44. The maximum Gasteiger partial charge on any atom is 0.212 e. The summed E-state index contributed by atoms with van der Waals surface area (Å²) in [7, 11) is 0. The number of hydrogen-bond acceptors (Lipinski definition) is 3. The lowest BCUT2D eigenvalue weighted by atomic mass is 10.1. The number of fused-ring (bicyclic) bond motifs is 4. The Kier molecular flexibility index (Phi) is 2.11. The van der Waals surface area contributed by atoms with Gasteiger partial charge in [-0.3, -0.25) is 0 Å². The fraction of sp³-hybridized carbons (Fsp3) is 0.286. The largest absolute Gasteiger partial charge is 0.462 e. The molecule has 0 spiro atoms. The smallest absolute Gasteiger partial charge is 0.212 e. The van der Waals surface area contributed by atoms with Crippen LogP contribution in [0.4, 0.5) is 0 Å². The summed E-state index contributed by atoms with van der Waals surface area (Å²) in [6.07, 6.45) is 1.03. The van der Waals surface area contributed by atoms with Crippen molar-refractivity contribution in [2.75, 3.05) is 6.61 Å². The van der Waals surface area contributed by atoms with Crippen molar-refractivity contribution in [2.45, 2.75) is 22.9 Å². The molecule has 2 aromatic rings. The molecule has 2 aromatic carbocycles. The second-order valence-corrected chi connectivity index (χ2v) is 5.70. The van der Waals surface area contributed by atoms with E-state index in [0.29, 0.717) is 5.25 Å². The third-order valence-electron chi connectivity index (χ3n) is 3.34. The first-order valence-corrected chi connectivity index (χ1v) is 6.76. The van der Waals surface area contributed by atoms with Crippen molar-refractivity contribution in [3.63, 3.8) is 0 Å². The van der Waals surface area contributed by atoms with Crippen LogP contribution in [0.1, 0.15) is 6.42 Å². The first kappa shape index (κ1) is 9.80. The molecule has 86 valence electrons. The highest BCUT2D eigenvalue weighted by Gasteiger charge is 2.36. The third-order valence-corrected chi connectivity index (χ3v) is 4.68. The van der Waals surface area contributed by atoms with Crippen molar-refractivity contribution in [2.24, 2.45) is 0 Å². The number of rotatable bonds is 0. The van der Waals surface area contributed by atoms with Crippen molar-refractivity contribution in [1.82, 2.24) is 0 Å². The zero-order chi connectivity index (χ0) is 11.2. The quantitative estimate of drug-likeness (QED) is 0.707. The van der Waals surface area contributed by atoms with Gasteiger partial charge in [0.25, 0.3) is 0 Å². The van der Waals surface area contributed by atoms with Crippen LogP contribution in [0.15, 0.2) is 41.3 Å². The van der Waals surface area contributed by atoms with Gasteiger partial charge in [0.15, 0.2) is 0 Å².